The Kier molecular flexibility index (Phi) is 3.74. The van der Waals surface area contributed by atoms with Gasteiger partial charge in [0.1, 0.15) is 18.1 Å². The molecule has 1 fully saturated rings. The molecule has 21 heavy (non-hydrogen) atoms. The lowest BCUT2D eigenvalue weighted by Gasteiger charge is -2.21. The first-order valence-corrected chi connectivity index (χ1v) is 7.03. The number of aliphatic carboxylic acids is 1. The molecular formula is C14H18N4O3. The number of carboxylic acid groups (broad SMARTS) is 1. The first-order valence-electron chi connectivity index (χ1n) is 7.03. The van der Waals surface area contributed by atoms with Gasteiger partial charge in [-0.05, 0) is 38.4 Å². The van der Waals surface area contributed by atoms with Crippen LogP contribution in [0.1, 0.15) is 36.1 Å². The predicted molar refractivity (Wildman–Crippen MR) is 73.5 cm³/mol. The molecule has 3 heterocycles. The van der Waals surface area contributed by atoms with Gasteiger partial charge in [0.25, 0.3) is 0 Å². The van der Waals surface area contributed by atoms with Gasteiger partial charge in [0, 0.05) is 6.54 Å². The maximum atomic E-state index is 10.7. The molecule has 0 saturated carbocycles. The lowest BCUT2D eigenvalue weighted by atomic mass is 10.1. The lowest BCUT2D eigenvalue weighted by Crippen LogP contribution is -2.22. The van der Waals surface area contributed by atoms with E-state index >= 15 is 0 Å². The van der Waals surface area contributed by atoms with Gasteiger partial charge in [0.2, 0.25) is 0 Å². The van der Waals surface area contributed by atoms with Crippen LogP contribution in [-0.2, 0) is 17.9 Å². The third kappa shape index (κ3) is 3.13. The van der Waals surface area contributed by atoms with Gasteiger partial charge in [-0.2, -0.15) is 0 Å². The van der Waals surface area contributed by atoms with E-state index < -0.39 is 5.97 Å². The molecule has 1 unspecified atom stereocenters. The Morgan fingerprint density at radius 2 is 2.38 bits per heavy atom. The molecule has 2 aromatic rings. The number of aromatic nitrogens is 3. The van der Waals surface area contributed by atoms with Crippen LogP contribution in [0.2, 0.25) is 0 Å². The summed E-state index contributed by atoms with van der Waals surface area (Å²) in [6.45, 7) is 3.42. The van der Waals surface area contributed by atoms with Gasteiger partial charge in [-0.3, -0.25) is 9.69 Å². The van der Waals surface area contributed by atoms with Crippen LogP contribution in [-0.4, -0.2) is 37.5 Å². The maximum absolute atomic E-state index is 10.7. The van der Waals surface area contributed by atoms with Crippen molar-refractivity contribution in [2.45, 2.75) is 38.9 Å². The second-order valence-corrected chi connectivity index (χ2v) is 5.38. The monoisotopic (exact) mass is 290 g/mol. The smallest absolute Gasteiger partial charge is 0.325 e. The van der Waals surface area contributed by atoms with Crippen LogP contribution in [0.25, 0.3) is 0 Å². The van der Waals surface area contributed by atoms with Crippen molar-refractivity contribution in [1.82, 2.24) is 19.9 Å². The van der Waals surface area contributed by atoms with Crippen molar-refractivity contribution in [1.29, 1.82) is 0 Å². The van der Waals surface area contributed by atoms with Crippen molar-refractivity contribution in [3.63, 3.8) is 0 Å². The molecule has 7 nitrogen and oxygen atoms in total. The maximum Gasteiger partial charge on any atom is 0.325 e. The molecule has 0 spiro atoms. The van der Waals surface area contributed by atoms with E-state index in [1.165, 1.54) is 4.68 Å². The Morgan fingerprint density at radius 3 is 3.10 bits per heavy atom. The van der Waals surface area contributed by atoms with Crippen LogP contribution in [0.4, 0.5) is 0 Å². The van der Waals surface area contributed by atoms with E-state index in [2.05, 4.69) is 15.2 Å². The molecule has 2 aromatic heterocycles. The number of hydrogen-bond donors (Lipinski definition) is 1. The summed E-state index contributed by atoms with van der Waals surface area (Å²) in [6, 6.07) is 4.28. The summed E-state index contributed by atoms with van der Waals surface area (Å²) in [4.78, 5) is 12.9. The van der Waals surface area contributed by atoms with Crippen LogP contribution in [0.15, 0.2) is 22.7 Å². The standard InChI is InChI=1S/C14H18N4O3/c1-10-4-5-13(21-10)12-3-2-6-17(12)7-11-8-18(16-15-11)9-14(19)20/h4-5,8,12H,2-3,6-7,9H2,1H3,(H,19,20). The van der Waals surface area contributed by atoms with Crippen molar-refractivity contribution in [2.75, 3.05) is 6.54 Å². The van der Waals surface area contributed by atoms with Gasteiger partial charge >= 0.3 is 5.97 Å². The third-order valence-electron chi connectivity index (χ3n) is 3.70. The van der Waals surface area contributed by atoms with Gasteiger partial charge in [-0.1, -0.05) is 5.21 Å². The zero-order valence-electron chi connectivity index (χ0n) is 11.9. The number of aryl methyl sites for hydroxylation is 1. The van der Waals surface area contributed by atoms with Crippen LogP contribution in [0.3, 0.4) is 0 Å². The van der Waals surface area contributed by atoms with Crippen LogP contribution >= 0.6 is 0 Å². The Hall–Kier alpha value is -2.15. The fourth-order valence-electron chi connectivity index (χ4n) is 2.81. The lowest BCUT2D eigenvalue weighted by molar-refractivity contribution is -0.137. The van der Waals surface area contributed by atoms with Crippen molar-refractivity contribution in [3.05, 3.63) is 35.5 Å². The van der Waals surface area contributed by atoms with Crippen molar-refractivity contribution >= 4 is 5.97 Å². The summed E-state index contributed by atoms with van der Waals surface area (Å²) >= 11 is 0. The Bertz CT molecular complexity index is 634. The fraction of sp³-hybridized carbons (Fsp3) is 0.500. The van der Waals surface area contributed by atoms with Gasteiger partial charge in [-0.15, -0.1) is 5.10 Å². The molecule has 1 aliphatic rings. The van der Waals surface area contributed by atoms with Crippen molar-refractivity contribution < 1.29 is 14.3 Å². The largest absolute Gasteiger partial charge is 0.480 e. The predicted octanol–water partition coefficient (Wildman–Crippen LogP) is 1.60. The minimum absolute atomic E-state index is 0.159. The highest BCUT2D eigenvalue weighted by Gasteiger charge is 2.28. The molecule has 0 aliphatic carbocycles. The summed E-state index contributed by atoms with van der Waals surface area (Å²) in [5.74, 6) is 0.990. The first kappa shape index (κ1) is 13.8. The SMILES string of the molecule is Cc1ccc(C2CCCN2Cc2cn(CC(=O)O)nn2)o1. The molecule has 0 bridgehead atoms. The molecule has 112 valence electrons. The van der Waals surface area contributed by atoms with Crippen molar-refractivity contribution in [2.24, 2.45) is 0 Å². The zero-order chi connectivity index (χ0) is 14.8. The molecule has 1 atom stereocenters. The van der Waals surface area contributed by atoms with Crippen LogP contribution in [0, 0.1) is 6.92 Å². The number of hydrogen-bond acceptors (Lipinski definition) is 5. The number of furan rings is 1. The summed E-state index contributed by atoms with van der Waals surface area (Å²) in [5.41, 5.74) is 0.784. The molecule has 0 radical (unpaired) electrons. The Morgan fingerprint density at radius 1 is 1.52 bits per heavy atom. The average Bonchev–Trinajstić information content (AvgIpc) is 3.11. The number of carboxylic acids is 1. The van der Waals surface area contributed by atoms with E-state index in [1.54, 1.807) is 6.20 Å². The van der Waals surface area contributed by atoms with E-state index in [9.17, 15) is 4.79 Å². The number of carbonyl (C=O) groups is 1. The highest BCUT2D eigenvalue weighted by Crippen LogP contribution is 2.33. The average molecular weight is 290 g/mol. The fourth-order valence-corrected chi connectivity index (χ4v) is 2.81. The minimum atomic E-state index is -0.920. The molecule has 3 rings (SSSR count). The highest BCUT2D eigenvalue weighted by atomic mass is 16.4. The highest BCUT2D eigenvalue weighted by molar-refractivity contribution is 5.66. The second kappa shape index (κ2) is 5.69. The quantitative estimate of drug-likeness (QED) is 0.900. The topological polar surface area (TPSA) is 84.4 Å². The summed E-state index contributed by atoms with van der Waals surface area (Å²) in [5, 5.41) is 16.6. The number of rotatable bonds is 5. The Labute approximate surface area is 122 Å². The van der Waals surface area contributed by atoms with Gasteiger partial charge < -0.3 is 9.52 Å². The Balaban J connectivity index is 1.68. The number of likely N-dealkylation sites (tertiary alicyclic amines) is 1. The van der Waals surface area contributed by atoms with Crippen LogP contribution < -0.4 is 0 Å². The molecule has 0 amide bonds. The van der Waals surface area contributed by atoms with Gasteiger partial charge in [0.15, 0.2) is 0 Å². The van der Waals surface area contributed by atoms with Gasteiger partial charge in [0.05, 0.1) is 17.9 Å². The molecular weight excluding hydrogens is 272 g/mol. The van der Waals surface area contributed by atoms with E-state index in [1.807, 2.05) is 19.1 Å². The van der Waals surface area contributed by atoms with Gasteiger partial charge in [-0.25, -0.2) is 4.68 Å². The molecule has 1 saturated heterocycles. The number of nitrogens with zero attached hydrogens (tertiary/aromatic N) is 4. The minimum Gasteiger partial charge on any atom is -0.480 e. The summed E-state index contributed by atoms with van der Waals surface area (Å²) in [6.07, 6.45) is 3.88. The summed E-state index contributed by atoms with van der Waals surface area (Å²) < 4.78 is 7.08. The van der Waals surface area contributed by atoms with E-state index in [4.69, 9.17) is 9.52 Å². The zero-order valence-corrected chi connectivity index (χ0v) is 11.9. The third-order valence-corrected chi connectivity index (χ3v) is 3.70. The molecule has 1 aliphatic heterocycles. The van der Waals surface area contributed by atoms with E-state index in [0.717, 1.165) is 36.6 Å². The normalized spacial score (nSPS) is 19.2. The molecule has 7 heteroatoms. The molecule has 0 aromatic carbocycles. The second-order valence-electron chi connectivity index (χ2n) is 5.38. The summed E-state index contributed by atoms with van der Waals surface area (Å²) in [7, 11) is 0. The van der Waals surface area contributed by atoms with Crippen molar-refractivity contribution in [3.8, 4) is 0 Å². The van der Waals surface area contributed by atoms with E-state index in [-0.39, 0.29) is 12.6 Å². The first-order chi connectivity index (χ1) is 10.1. The molecule has 1 N–H and O–H groups in total. The van der Waals surface area contributed by atoms with E-state index in [0.29, 0.717) is 6.54 Å². The van der Waals surface area contributed by atoms with Crippen LogP contribution in [0.5, 0.6) is 0 Å².